The van der Waals surface area contributed by atoms with Gasteiger partial charge in [-0.2, -0.15) is 13.2 Å². The summed E-state index contributed by atoms with van der Waals surface area (Å²) in [5.74, 6) is -0.467. The van der Waals surface area contributed by atoms with Gasteiger partial charge in [-0.1, -0.05) is 33.3 Å². The third-order valence-corrected chi connectivity index (χ3v) is 7.58. The van der Waals surface area contributed by atoms with Gasteiger partial charge in [0.1, 0.15) is 0 Å². The number of nitrogens with zero attached hydrogens (tertiary/aromatic N) is 1. The summed E-state index contributed by atoms with van der Waals surface area (Å²) in [5, 5.41) is 14.9. The molecule has 3 atom stereocenters. The van der Waals surface area contributed by atoms with Gasteiger partial charge in [0, 0.05) is 30.6 Å². The van der Waals surface area contributed by atoms with Gasteiger partial charge in [0.25, 0.3) is 0 Å². The second kappa shape index (κ2) is 14.2. The topological polar surface area (TPSA) is 83.1 Å². The Bertz CT molecular complexity index is 931. The highest BCUT2D eigenvalue weighted by molar-refractivity contribution is 7.80. The molecule has 3 N–H and O–H groups in total. The molecular weight excluding hydrogens is 519 g/mol. The molecular formula is C27H42F3N3O4S. The maximum Gasteiger partial charge on any atom is 0.490 e. The lowest BCUT2D eigenvalue weighted by Gasteiger charge is -2.46. The number of ether oxygens (including phenoxy) is 2. The highest BCUT2D eigenvalue weighted by atomic mass is 32.1. The van der Waals surface area contributed by atoms with Gasteiger partial charge in [0.15, 0.2) is 16.6 Å². The van der Waals surface area contributed by atoms with Gasteiger partial charge in [-0.15, -0.1) is 0 Å². The van der Waals surface area contributed by atoms with Gasteiger partial charge in [0.2, 0.25) is 0 Å². The molecule has 38 heavy (non-hydrogen) atoms. The third-order valence-electron chi connectivity index (χ3n) is 7.32. The number of unbranched alkanes of at least 4 members (excludes halogenated alkanes) is 1. The van der Waals surface area contributed by atoms with Crippen LogP contribution in [0.25, 0.3) is 0 Å². The van der Waals surface area contributed by atoms with Crippen LogP contribution in [0.5, 0.6) is 11.5 Å². The Kier molecular flexibility index (Phi) is 11.9. The molecule has 2 fully saturated rings. The predicted octanol–water partition coefficient (Wildman–Crippen LogP) is 5.12. The molecule has 11 heteroatoms. The summed E-state index contributed by atoms with van der Waals surface area (Å²) in [5.41, 5.74) is 1.56. The minimum absolute atomic E-state index is 0.171. The number of aliphatic carboxylic acids is 1. The zero-order chi connectivity index (χ0) is 28.5. The lowest BCUT2D eigenvalue weighted by Crippen LogP contribution is -2.54. The minimum Gasteiger partial charge on any atom is -0.493 e. The summed E-state index contributed by atoms with van der Waals surface area (Å²) in [6.45, 7) is 10.1. The molecule has 1 aliphatic carbocycles. The van der Waals surface area contributed by atoms with Gasteiger partial charge >= 0.3 is 12.1 Å². The third kappa shape index (κ3) is 8.36. The maximum atomic E-state index is 10.6. The van der Waals surface area contributed by atoms with E-state index in [1.165, 1.54) is 18.4 Å². The van der Waals surface area contributed by atoms with Crippen LogP contribution in [0.1, 0.15) is 64.9 Å². The number of methoxy groups -OCH3 is 2. The van der Waals surface area contributed by atoms with Gasteiger partial charge in [-0.3, -0.25) is 4.90 Å². The van der Waals surface area contributed by atoms with Crippen molar-refractivity contribution in [3.05, 3.63) is 23.8 Å². The number of fused-ring (bicyclic) bond motifs is 1. The van der Waals surface area contributed by atoms with Crippen molar-refractivity contribution in [2.24, 2.45) is 5.92 Å². The summed E-state index contributed by atoms with van der Waals surface area (Å²) in [7, 11) is 3.43. The minimum atomic E-state index is -5.08. The fourth-order valence-electron chi connectivity index (χ4n) is 5.56. The number of carbonyl (C=O) groups is 1. The average molecular weight is 562 g/mol. The molecule has 0 radical (unpaired) electrons. The molecule has 0 aromatic heterocycles. The number of thiocarbonyl (C=S) groups is 1. The van der Waals surface area contributed by atoms with Crippen LogP contribution in [0.15, 0.2) is 18.2 Å². The van der Waals surface area contributed by atoms with Crippen LogP contribution < -0.4 is 20.1 Å². The van der Waals surface area contributed by atoms with Crippen molar-refractivity contribution in [1.29, 1.82) is 0 Å². The van der Waals surface area contributed by atoms with E-state index in [1.807, 2.05) is 0 Å². The summed E-state index contributed by atoms with van der Waals surface area (Å²) in [6, 6.07) is 7.49. The molecule has 1 heterocycles. The van der Waals surface area contributed by atoms with Crippen molar-refractivity contribution in [1.82, 2.24) is 15.5 Å². The molecule has 0 spiro atoms. The lowest BCUT2D eigenvalue weighted by atomic mass is 9.65. The molecule has 1 aliphatic heterocycles. The molecule has 216 valence electrons. The Balaban J connectivity index is 0.000000638. The maximum absolute atomic E-state index is 10.6. The summed E-state index contributed by atoms with van der Waals surface area (Å²) in [4.78, 5) is 11.6. The number of benzene rings is 1. The van der Waals surface area contributed by atoms with E-state index in [0.717, 1.165) is 61.9 Å². The van der Waals surface area contributed by atoms with E-state index in [9.17, 15) is 13.2 Å². The highest BCUT2D eigenvalue weighted by Gasteiger charge is 2.51. The Morgan fingerprint density at radius 2 is 1.89 bits per heavy atom. The van der Waals surface area contributed by atoms with Gasteiger partial charge in [-0.05, 0) is 74.5 Å². The van der Waals surface area contributed by atoms with Crippen molar-refractivity contribution >= 4 is 23.3 Å². The zero-order valence-corrected chi connectivity index (χ0v) is 23.8. The van der Waals surface area contributed by atoms with E-state index < -0.39 is 12.1 Å². The van der Waals surface area contributed by atoms with E-state index in [2.05, 4.69) is 54.5 Å². The van der Waals surface area contributed by atoms with Crippen molar-refractivity contribution in [2.75, 3.05) is 33.9 Å². The predicted molar refractivity (Wildman–Crippen MR) is 146 cm³/mol. The number of nitrogens with one attached hydrogen (secondary N) is 2. The van der Waals surface area contributed by atoms with Crippen LogP contribution in [-0.2, 0) is 10.2 Å². The molecule has 1 aromatic rings. The molecule has 3 rings (SSSR count). The van der Waals surface area contributed by atoms with Crippen LogP contribution in [0.4, 0.5) is 13.2 Å². The summed E-state index contributed by atoms with van der Waals surface area (Å²) < 4.78 is 42.9. The first-order chi connectivity index (χ1) is 17.9. The van der Waals surface area contributed by atoms with E-state index >= 15 is 0 Å². The fraction of sp³-hybridized carbons (Fsp3) is 0.704. The number of alkyl halides is 3. The van der Waals surface area contributed by atoms with Crippen molar-refractivity contribution in [2.45, 2.75) is 83.0 Å². The van der Waals surface area contributed by atoms with E-state index in [-0.39, 0.29) is 5.41 Å². The molecule has 1 aromatic carbocycles. The normalized spacial score (nSPS) is 23.2. The van der Waals surface area contributed by atoms with Gasteiger partial charge < -0.3 is 25.2 Å². The number of rotatable bonds is 9. The van der Waals surface area contributed by atoms with Crippen molar-refractivity contribution in [3.8, 4) is 11.5 Å². The summed E-state index contributed by atoms with van der Waals surface area (Å²) >= 11 is 5.58. The number of carboxylic acids is 1. The second-order valence-electron chi connectivity index (χ2n) is 10.4. The smallest absolute Gasteiger partial charge is 0.490 e. The zero-order valence-electron chi connectivity index (χ0n) is 23.0. The number of halogens is 3. The van der Waals surface area contributed by atoms with Crippen LogP contribution in [0.2, 0.25) is 0 Å². The van der Waals surface area contributed by atoms with Crippen LogP contribution in [-0.4, -0.2) is 73.2 Å². The van der Waals surface area contributed by atoms with Gasteiger partial charge in [-0.25, -0.2) is 4.79 Å². The number of hydrogen-bond donors (Lipinski definition) is 3. The average Bonchev–Trinajstić information content (AvgIpc) is 3.21. The first-order valence-electron chi connectivity index (χ1n) is 13.2. The lowest BCUT2D eigenvalue weighted by molar-refractivity contribution is -0.192. The first kappa shape index (κ1) is 31.9. The standard InChI is InChI=1S/C25H41N3O2S.C2HF3O2/c1-6-7-13-26-24(31)27-20-10-11-25(12-14-28(17-18(2)3)23(25)16-20)19-8-9-21(29-4)22(15-19)30-5;3-2(4,5)1(6)7/h8-9,15,18,20,23H,6-7,10-14,16-17H2,1-5H3,(H2,26,27,31);(H,6,7)/t20-,23+,25+;/m1./s1. The molecule has 0 unspecified atom stereocenters. The molecule has 2 aliphatic rings. The quantitative estimate of drug-likeness (QED) is 0.283. The highest BCUT2D eigenvalue weighted by Crippen LogP contribution is 2.50. The monoisotopic (exact) mass is 561 g/mol. The molecule has 1 saturated heterocycles. The van der Waals surface area contributed by atoms with Crippen LogP contribution >= 0.6 is 12.2 Å². The molecule has 0 amide bonds. The Hall–Kier alpha value is -2.27. The van der Waals surface area contributed by atoms with Crippen LogP contribution in [0.3, 0.4) is 0 Å². The van der Waals surface area contributed by atoms with E-state index in [4.69, 9.17) is 31.6 Å². The first-order valence-corrected chi connectivity index (χ1v) is 13.6. The Labute approximate surface area is 229 Å². The largest absolute Gasteiger partial charge is 0.493 e. The van der Waals surface area contributed by atoms with E-state index in [1.54, 1.807) is 14.2 Å². The van der Waals surface area contributed by atoms with Gasteiger partial charge in [0.05, 0.1) is 14.2 Å². The Morgan fingerprint density at radius 3 is 2.45 bits per heavy atom. The number of likely N-dealkylation sites (tertiary alicyclic amines) is 1. The van der Waals surface area contributed by atoms with E-state index in [0.29, 0.717) is 18.0 Å². The number of hydrogen-bond acceptors (Lipinski definition) is 5. The summed E-state index contributed by atoms with van der Waals surface area (Å²) in [6.07, 6.45) is 1.87. The molecule has 7 nitrogen and oxygen atoms in total. The number of carboxylic acid groups (broad SMARTS) is 1. The van der Waals surface area contributed by atoms with Crippen molar-refractivity contribution < 1.29 is 32.5 Å². The molecule has 0 bridgehead atoms. The Morgan fingerprint density at radius 1 is 1.24 bits per heavy atom. The van der Waals surface area contributed by atoms with Crippen molar-refractivity contribution in [3.63, 3.8) is 0 Å². The van der Waals surface area contributed by atoms with Crippen LogP contribution in [0, 0.1) is 5.92 Å². The molecule has 1 saturated carbocycles. The second-order valence-corrected chi connectivity index (χ2v) is 10.8. The SMILES string of the molecule is CCCCNC(=S)N[C@@H]1CC[C@@]2(c3ccc(OC)c(OC)c3)CCN(CC(C)C)[C@H]2C1.O=C(O)C(F)(F)F. The fourth-order valence-corrected chi connectivity index (χ4v) is 5.83.